The van der Waals surface area contributed by atoms with E-state index in [9.17, 15) is 0 Å². The summed E-state index contributed by atoms with van der Waals surface area (Å²) in [6.07, 6.45) is 5.01. The van der Waals surface area contributed by atoms with Gasteiger partial charge in [0.05, 0.1) is 6.33 Å². The molecule has 1 aromatic carbocycles. The summed E-state index contributed by atoms with van der Waals surface area (Å²) in [6.45, 7) is 0.778. The minimum Gasteiger partial charge on any atom is -0.358 e. The van der Waals surface area contributed by atoms with Crippen LogP contribution in [0.1, 0.15) is 25.5 Å². The van der Waals surface area contributed by atoms with E-state index in [-0.39, 0.29) is 6.23 Å². The lowest BCUT2D eigenvalue weighted by atomic mass is 10.2. The van der Waals surface area contributed by atoms with Crippen molar-refractivity contribution in [1.82, 2.24) is 19.5 Å². The highest BCUT2D eigenvalue weighted by atomic mass is 79.9. The second-order valence-corrected chi connectivity index (χ2v) is 7.25. The molecule has 1 N–H and O–H groups in total. The van der Waals surface area contributed by atoms with Gasteiger partial charge in [-0.3, -0.25) is 4.57 Å². The number of aromatic nitrogens is 4. The van der Waals surface area contributed by atoms with E-state index in [1.165, 1.54) is 0 Å². The Morgan fingerprint density at radius 1 is 1.21 bits per heavy atom. The van der Waals surface area contributed by atoms with E-state index < -0.39 is 0 Å². The van der Waals surface area contributed by atoms with Gasteiger partial charge >= 0.3 is 0 Å². The number of ether oxygens (including phenoxy) is 1. The van der Waals surface area contributed by atoms with Crippen molar-refractivity contribution in [3.63, 3.8) is 0 Å². The number of rotatable bonds is 3. The van der Waals surface area contributed by atoms with Crippen molar-refractivity contribution < 1.29 is 4.74 Å². The van der Waals surface area contributed by atoms with Crippen LogP contribution in [0.5, 0.6) is 0 Å². The molecule has 1 saturated heterocycles. The first-order chi connectivity index (χ1) is 11.7. The number of imidazole rings is 1. The predicted molar refractivity (Wildman–Crippen MR) is 99.3 cm³/mol. The van der Waals surface area contributed by atoms with Crippen molar-refractivity contribution in [2.24, 2.45) is 0 Å². The molecule has 0 radical (unpaired) electrons. The Labute approximate surface area is 155 Å². The maximum absolute atomic E-state index is 5.86. The van der Waals surface area contributed by atoms with Crippen LogP contribution < -0.4 is 5.32 Å². The average Bonchev–Trinajstić information content (AvgIpc) is 2.99. The zero-order valence-electron chi connectivity index (χ0n) is 12.7. The van der Waals surface area contributed by atoms with Gasteiger partial charge in [-0.2, -0.15) is 0 Å². The number of benzene rings is 1. The minimum absolute atomic E-state index is 0.00994. The lowest BCUT2D eigenvalue weighted by molar-refractivity contribution is -0.0298. The molecule has 0 aliphatic carbocycles. The van der Waals surface area contributed by atoms with Gasteiger partial charge in [-0.25, -0.2) is 15.0 Å². The van der Waals surface area contributed by atoms with Crippen LogP contribution in [0.25, 0.3) is 11.2 Å². The summed E-state index contributed by atoms with van der Waals surface area (Å²) >= 11 is 6.88. The molecule has 1 fully saturated rings. The number of halogens is 2. The Morgan fingerprint density at radius 3 is 2.92 bits per heavy atom. The molecule has 0 spiro atoms. The number of nitrogens with one attached hydrogen (secondary N) is 1. The van der Waals surface area contributed by atoms with Crippen molar-refractivity contribution >= 4 is 54.5 Å². The summed E-state index contributed by atoms with van der Waals surface area (Å²) in [5.74, 6) is 0.666. The van der Waals surface area contributed by atoms with Crippen LogP contribution in [-0.2, 0) is 4.74 Å². The van der Waals surface area contributed by atoms with E-state index in [0.717, 1.165) is 47.2 Å². The Hall–Kier alpha value is -1.51. The molecule has 1 atom stereocenters. The van der Waals surface area contributed by atoms with Crippen LogP contribution in [0.3, 0.4) is 0 Å². The molecule has 4 rings (SSSR count). The van der Waals surface area contributed by atoms with Crippen molar-refractivity contribution in [3.05, 3.63) is 39.8 Å². The SMILES string of the molecule is Brc1cccc(Nc2nc(Br)nc3c2ncn3C2CCCCO2)c1. The van der Waals surface area contributed by atoms with Crippen molar-refractivity contribution in [1.29, 1.82) is 0 Å². The molecule has 2 aromatic heterocycles. The van der Waals surface area contributed by atoms with Gasteiger partial charge < -0.3 is 10.1 Å². The fraction of sp³-hybridized carbons (Fsp3) is 0.312. The molecule has 1 aliphatic heterocycles. The summed E-state index contributed by atoms with van der Waals surface area (Å²) < 4.78 is 9.37. The smallest absolute Gasteiger partial charge is 0.200 e. The van der Waals surface area contributed by atoms with Gasteiger partial charge in [-0.05, 0) is 53.4 Å². The molecule has 0 amide bonds. The molecule has 0 bridgehead atoms. The quantitative estimate of drug-likeness (QED) is 0.578. The van der Waals surface area contributed by atoms with E-state index in [0.29, 0.717) is 10.6 Å². The molecule has 8 heteroatoms. The molecular formula is C16H15Br2N5O. The normalized spacial score (nSPS) is 18.0. The van der Waals surface area contributed by atoms with Gasteiger partial charge in [0.1, 0.15) is 6.23 Å². The lowest BCUT2D eigenvalue weighted by Crippen LogP contribution is -2.17. The van der Waals surface area contributed by atoms with Crippen molar-refractivity contribution in [2.75, 3.05) is 11.9 Å². The summed E-state index contributed by atoms with van der Waals surface area (Å²) in [4.78, 5) is 13.5. The van der Waals surface area contributed by atoms with E-state index in [2.05, 4.69) is 52.1 Å². The lowest BCUT2D eigenvalue weighted by Gasteiger charge is -2.23. The van der Waals surface area contributed by atoms with Crippen LogP contribution in [0, 0.1) is 0 Å². The third-order valence-electron chi connectivity index (χ3n) is 3.95. The highest BCUT2D eigenvalue weighted by Crippen LogP contribution is 2.30. The zero-order valence-corrected chi connectivity index (χ0v) is 15.9. The van der Waals surface area contributed by atoms with Crippen LogP contribution in [-0.4, -0.2) is 26.1 Å². The van der Waals surface area contributed by atoms with E-state index in [1.807, 2.05) is 28.8 Å². The maximum Gasteiger partial charge on any atom is 0.200 e. The first-order valence-electron chi connectivity index (χ1n) is 7.75. The molecule has 6 nitrogen and oxygen atoms in total. The average molecular weight is 453 g/mol. The second kappa shape index (κ2) is 6.78. The van der Waals surface area contributed by atoms with Crippen molar-refractivity contribution in [2.45, 2.75) is 25.5 Å². The number of nitrogens with zero attached hydrogens (tertiary/aromatic N) is 4. The number of hydrogen-bond donors (Lipinski definition) is 1. The molecule has 1 aliphatic rings. The van der Waals surface area contributed by atoms with Gasteiger partial charge in [0.2, 0.25) is 4.73 Å². The summed E-state index contributed by atoms with van der Waals surface area (Å²) in [7, 11) is 0. The highest BCUT2D eigenvalue weighted by Gasteiger charge is 2.21. The first-order valence-corrected chi connectivity index (χ1v) is 9.33. The van der Waals surface area contributed by atoms with Gasteiger partial charge in [0, 0.05) is 16.8 Å². The standard InChI is InChI=1S/C16H15Br2N5O/c17-10-4-3-5-11(8-10)20-14-13-15(22-16(18)21-14)23(9-19-13)12-6-1-2-7-24-12/h3-5,8-9,12H,1-2,6-7H2,(H,20,21,22). The largest absolute Gasteiger partial charge is 0.358 e. The summed E-state index contributed by atoms with van der Waals surface area (Å²) in [5, 5.41) is 3.32. The van der Waals surface area contributed by atoms with Gasteiger partial charge in [0.25, 0.3) is 0 Å². The Kier molecular flexibility index (Phi) is 4.51. The summed E-state index contributed by atoms with van der Waals surface area (Å²) in [5.41, 5.74) is 2.42. The fourth-order valence-electron chi connectivity index (χ4n) is 2.83. The molecule has 124 valence electrons. The first kappa shape index (κ1) is 16.0. The Morgan fingerprint density at radius 2 is 2.12 bits per heavy atom. The van der Waals surface area contributed by atoms with Crippen LogP contribution in [0.15, 0.2) is 39.8 Å². The molecular weight excluding hydrogens is 438 g/mol. The minimum atomic E-state index is -0.00994. The number of fused-ring (bicyclic) bond motifs is 1. The topological polar surface area (TPSA) is 64.9 Å². The van der Waals surface area contributed by atoms with E-state index in [1.54, 1.807) is 6.33 Å². The van der Waals surface area contributed by atoms with E-state index in [4.69, 9.17) is 4.74 Å². The maximum atomic E-state index is 5.86. The van der Waals surface area contributed by atoms with E-state index >= 15 is 0 Å². The van der Waals surface area contributed by atoms with Gasteiger partial charge in [-0.15, -0.1) is 0 Å². The van der Waals surface area contributed by atoms with Crippen molar-refractivity contribution in [3.8, 4) is 0 Å². The molecule has 0 saturated carbocycles. The van der Waals surface area contributed by atoms with Crippen LogP contribution in [0.2, 0.25) is 0 Å². The Bertz CT molecular complexity index is 876. The molecule has 3 aromatic rings. The summed E-state index contributed by atoms with van der Waals surface area (Å²) in [6, 6.07) is 7.91. The molecule has 1 unspecified atom stereocenters. The molecule has 3 heterocycles. The highest BCUT2D eigenvalue weighted by molar-refractivity contribution is 9.10. The van der Waals surface area contributed by atoms with Gasteiger partial charge in [0.15, 0.2) is 17.0 Å². The molecule has 24 heavy (non-hydrogen) atoms. The monoisotopic (exact) mass is 451 g/mol. The third kappa shape index (κ3) is 3.18. The van der Waals surface area contributed by atoms with Crippen LogP contribution >= 0.6 is 31.9 Å². The predicted octanol–water partition coefficient (Wildman–Crippen LogP) is 4.79. The fourth-order valence-corrected chi connectivity index (χ4v) is 3.58. The number of hydrogen-bond acceptors (Lipinski definition) is 5. The van der Waals surface area contributed by atoms with Gasteiger partial charge in [-0.1, -0.05) is 22.0 Å². The number of anilines is 2. The zero-order chi connectivity index (χ0) is 16.5. The van der Waals surface area contributed by atoms with Crippen LogP contribution in [0.4, 0.5) is 11.5 Å². The Balaban J connectivity index is 1.74. The third-order valence-corrected chi connectivity index (χ3v) is 4.80. The second-order valence-electron chi connectivity index (χ2n) is 5.62.